The standard InChI is InChI=1S/C11H9F4NO4S/c12-7-4-8-6(1-2-10(17)16-8)3-9(7)21(18,19)20-5-11(13,14)15/h3-4H,1-2,5H2,(H,16,17). The fourth-order valence-electron chi connectivity index (χ4n) is 1.78. The molecule has 0 saturated heterocycles. The van der Waals surface area contributed by atoms with Gasteiger partial charge < -0.3 is 5.32 Å². The summed E-state index contributed by atoms with van der Waals surface area (Å²) in [5, 5.41) is 2.34. The van der Waals surface area contributed by atoms with Crippen LogP contribution in [0.3, 0.4) is 0 Å². The molecule has 1 aromatic rings. The Morgan fingerprint density at radius 3 is 2.52 bits per heavy atom. The van der Waals surface area contributed by atoms with E-state index in [1.165, 1.54) is 0 Å². The first-order valence-corrected chi connectivity index (χ1v) is 7.08. The topological polar surface area (TPSA) is 72.5 Å². The molecule has 5 nitrogen and oxygen atoms in total. The lowest BCUT2D eigenvalue weighted by atomic mass is 10.0. The van der Waals surface area contributed by atoms with Crippen LogP contribution in [-0.4, -0.2) is 27.1 Å². The zero-order valence-electron chi connectivity index (χ0n) is 10.3. The Kier molecular flexibility index (Phi) is 3.93. The van der Waals surface area contributed by atoms with E-state index in [9.17, 15) is 30.8 Å². The first kappa shape index (κ1) is 15.7. The maximum atomic E-state index is 13.7. The maximum Gasteiger partial charge on any atom is 0.413 e. The number of alkyl halides is 3. The second-order valence-corrected chi connectivity index (χ2v) is 5.90. The molecular weight excluding hydrogens is 318 g/mol. The van der Waals surface area contributed by atoms with Crippen LogP contribution < -0.4 is 5.32 Å². The number of aryl methyl sites for hydroxylation is 1. The van der Waals surface area contributed by atoms with Crippen LogP contribution in [0.4, 0.5) is 23.2 Å². The van der Waals surface area contributed by atoms with Gasteiger partial charge in [-0.25, -0.2) is 4.39 Å². The van der Waals surface area contributed by atoms with Crippen LogP contribution in [0.25, 0.3) is 0 Å². The van der Waals surface area contributed by atoms with Gasteiger partial charge in [-0.1, -0.05) is 0 Å². The van der Waals surface area contributed by atoms with E-state index in [0.717, 1.165) is 12.1 Å². The molecule has 0 bridgehead atoms. The summed E-state index contributed by atoms with van der Waals surface area (Å²) >= 11 is 0. The van der Waals surface area contributed by atoms with E-state index < -0.39 is 33.6 Å². The summed E-state index contributed by atoms with van der Waals surface area (Å²) in [5.41, 5.74) is 0.406. The molecule has 10 heteroatoms. The van der Waals surface area contributed by atoms with Gasteiger partial charge in [0.2, 0.25) is 5.91 Å². The van der Waals surface area contributed by atoms with Crippen molar-refractivity contribution in [1.29, 1.82) is 0 Å². The second kappa shape index (κ2) is 5.26. The monoisotopic (exact) mass is 327 g/mol. The Balaban J connectivity index is 2.34. The van der Waals surface area contributed by atoms with Gasteiger partial charge in [-0.3, -0.25) is 8.98 Å². The Morgan fingerprint density at radius 1 is 1.24 bits per heavy atom. The van der Waals surface area contributed by atoms with Crippen molar-refractivity contribution in [3.05, 3.63) is 23.5 Å². The van der Waals surface area contributed by atoms with E-state index in [1.54, 1.807) is 0 Å². The van der Waals surface area contributed by atoms with Crippen LogP contribution in [0.2, 0.25) is 0 Å². The van der Waals surface area contributed by atoms with Gasteiger partial charge >= 0.3 is 6.18 Å². The first-order chi connectivity index (χ1) is 9.58. The molecule has 1 heterocycles. The second-order valence-electron chi connectivity index (χ2n) is 4.32. The normalized spacial score (nSPS) is 15.5. The molecule has 0 spiro atoms. The number of anilines is 1. The summed E-state index contributed by atoms with van der Waals surface area (Å²) in [6.07, 6.45) is -4.63. The average molecular weight is 327 g/mol. The number of carbonyl (C=O) groups is 1. The zero-order valence-corrected chi connectivity index (χ0v) is 11.1. The van der Waals surface area contributed by atoms with Crippen molar-refractivity contribution in [2.24, 2.45) is 0 Å². The lowest BCUT2D eigenvalue weighted by molar-refractivity contribution is -0.152. The van der Waals surface area contributed by atoms with Gasteiger partial charge in [0.05, 0.1) is 0 Å². The minimum absolute atomic E-state index is 0.0710. The first-order valence-electron chi connectivity index (χ1n) is 5.67. The van der Waals surface area contributed by atoms with E-state index in [4.69, 9.17) is 0 Å². The number of rotatable bonds is 3. The molecule has 21 heavy (non-hydrogen) atoms. The van der Waals surface area contributed by atoms with E-state index in [-0.39, 0.29) is 24.4 Å². The predicted octanol–water partition coefficient (Wildman–Crippen LogP) is 1.98. The smallest absolute Gasteiger partial charge is 0.326 e. The highest BCUT2D eigenvalue weighted by Crippen LogP contribution is 2.29. The van der Waals surface area contributed by atoms with Crippen LogP contribution in [0.5, 0.6) is 0 Å². The van der Waals surface area contributed by atoms with Gasteiger partial charge in [-0.15, -0.1) is 0 Å². The van der Waals surface area contributed by atoms with Crippen molar-refractivity contribution in [2.45, 2.75) is 23.9 Å². The zero-order chi connectivity index (χ0) is 15.8. The number of benzene rings is 1. The van der Waals surface area contributed by atoms with Crippen molar-refractivity contribution >= 4 is 21.7 Å². The molecule has 1 N–H and O–H groups in total. The highest BCUT2D eigenvalue weighted by Gasteiger charge is 2.33. The van der Waals surface area contributed by atoms with Gasteiger partial charge in [-0.05, 0) is 24.1 Å². The highest BCUT2D eigenvalue weighted by molar-refractivity contribution is 7.86. The lowest BCUT2D eigenvalue weighted by Crippen LogP contribution is -2.23. The number of nitrogens with one attached hydrogen (secondary N) is 1. The van der Waals surface area contributed by atoms with Crippen LogP contribution in [-0.2, 0) is 25.5 Å². The largest absolute Gasteiger partial charge is 0.413 e. The molecule has 1 aliphatic heterocycles. The highest BCUT2D eigenvalue weighted by atomic mass is 32.2. The molecule has 0 aromatic heterocycles. The van der Waals surface area contributed by atoms with Gasteiger partial charge in [0, 0.05) is 12.1 Å². The van der Waals surface area contributed by atoms with Crippen molar-refractivity contribution < 1.29 is 35.0 Å². The van der Waals surface area contributed by atoms with Crippen LogP contribution in [0.15, 0.2) is 17.0 Å². The van der Waals surface area contributed by atoms with Crippen molar-refractivity contribution in [3.63, 3.8) is 0 Å². The Bertz CT molecular complexity index is 684. The van der Waals surface area contributed by atoms with Gasteiger partial charge in [0.1, 0.15) is 10.7 Å². The van der Waals surface area contributed by atoms with Crippen molar-refractivity contribution in [3.8, 4) is 0 Å². The molecule has 0 atom stereocenters. The third kappa shape index (κ3) is 3.70. The molecule has 2 rings (SSSR count). The number of fused-ring (bicyclic) bond motifs is 1. The molecule has 1 amide bonds. The Labute approximate surface area is 117 Å². The van der Waals surface area contributed by atoms with E-state index in [2.05, 4.69) is 9.50 Å². The maximum absolute atomic E-state index is 13.7. The summed E-state index contributed by atoms with van der Waals surface area (Å²) in [7, 11) is -4.88. The SMILES string of the molecule is O=C1CCc2cc(S(=O)(=O)OCC(F)(F)F)c(F)cc2N1. The molecule has 0 fully saturated rings. The summed E-state index contributed by atoms with van der Waals surface area (Å²) in [5.74, 6) is -1.65. The minimum Gasteiger partial charge on any atom is -0.326 e. The predicted molar refractivity (Wildman–Crippen MR) is 62.5 cm³/mol. The summed E-state index contributed by atoms with van der Waals surface area (Å²) < 4.78 is 76.7. The molecule has 0 saturated carbocycles. The number of hydrogen-bond donors (Lipinski definition) is 1. The Morgan fingerprint density at radius 2 is 1.90 bits per heavy atom. The third-order valence-corrected chi connectivity index (χ3v) is 3.98. The third-order valence-electron chi connectivity index (χ3n) is 2.70. The molecule has 0 radical (unpaired) electrons. The number of halogens is 4. The molecule has 1 aliphatic rings. The number of amides is 1. The van der Waals surface area contributed by atoms with E-state index >= 15 is 0 Å². The quantitative estimate of drug-likeness (QED) is 0.681. The average Bonchev–Trinajstić information content (AvgIpc) is 2.34. The molecule has 0 unspecified atom stereocenters. The molecule has 0 aliphatic carbocycles. The van der Waals surface area contributed by atoms with Gasteiger partial charge in [0.25, 0.3) is 10.1 Å². The van der Waals surface area contributed by atoms with Gasteiger partial charge in [0.15, 0.2) is 6.61 Å². The van der Waals surface area contributed by atoms with Crippen LogP contribution >= 0.6 is 0 Å². The molecule has 1 aromatic carbocycles. The fourth-order valence-corrected chi connectivity index (χ4v) is 2.78. The van der Waals surface area contributed by atoms with Crippen molar-refractivity contribution in [1.82, 2.24) is 0 Å². The van der Waals surface area contributed by atoms with Crippen molar-refractivity contribution in [2.75, 3.05) is 11.9 Å². The van der Waals surface area contributed by atoms with Crippen LogP contribution in [0, 0.1) is 5.82 Å². The number of hydrogen-bond acceptors (Lipinski definition) is 4. The molecule has 116 valence electrons. The number of carbonyl (C=O) groups excluding carboxylic acids is 1. The van der Waals surface area contributed by atoms with E-state index in [1.807, 2.05) is 0 Å². The minimum atomic E-state index is -4.88. The van der Waals surface area contributed by atoms with Gasteiger partial charge in [-0.2, -0.15) is 21.6 Å². The van der Waals surface area contributed by atoms with Crippen LogP contribution in [0.1, 0.15) is 12.0 Å². The summed E-state index contributed by atoms with van der Waals surface area (Å²) in [4.78, 5) is 10.1. The summed E-state index contributed by atoms with van der Waals surface area (Å²) in [6, 6.07) is 1.62. The fraction of sp³-hybridized carbons (Fsp3) is 0.364. The molecular formula is C11H9F4NO4S. The lowest BCUT2D eigenvalue weighted by Gasteiger charge is -2.18. The van der Waals surface area contributed by atoms with E-state index in [0.29, 0.717) is 5.56 Å². The Hall–Kier alpha value is -1.68. The summed E-state index contributed by atoms with van der Waals surface area (Å²) in [6.45, 7) is -2.04.